The number of rotatable bonds is 5. The van der Waals surface area contributed by atoms with Crippen molar-refractivity contribution in [3.63, 3.8) is 0 Å². The number of carbonyl (C=O) groups excluding carboxylic acids is 1. The predicted molar refractivity (Wildman–Crippen MR) is 122 cm³/mol. The first kappa shape index (κ1) is 19.7. The molecule has 1 aromatic heterocycles. The first-order valence-electron chi connectivity index (χ1n) is 9.28. The van der Waals surface area contributed by atoms with Crippen molar-refractivity contribution in [3.8, 4) is 22.5 Å². The van der Waals surface area contributed by atoms with E-state index in [4.69, 9.17) is 0 Å². The molecule has 0 aliphatic rings. The maximum Gasteiger partial charge on any atom is 0.309 e. The van der Waals surface area contributed by atoms with Gasteiger partial charge in [-0.1, -0.05) is 88.7 Å². The van der Waals surface area contributed by atoms with Crippen LogP contribution in [0.2, 0.25) is 0 Å². The Hall–Kier alpha value is -3.64. The number of halogens is 1. The van der Waals surface area contributed by atoms with Crippen LogP contribution in [0.15, 0.2) is 101 Å². The molecule has 30 heavy (non-hydrogen) atoms. The Kier molecular flexibility index (Phi) is 6.06. The van der Waals surface area contributed by atoms with Crippen LogP contribution in [0.4, 0.5) is 0 Å². The van der Waals surface area contributed by atoms with Gasteiger partial charge in [0.05, 0.1) is 17.6 Å². The lowest BCUT2D eigenvalue weighted by Crippen LogP contribution is -2.21. The van der Waals surface area contributed by atoms with Crippen LogP contribution < -0.4 is 5.43 Å². The Bertz CT molecular complexity index is 1120. The molecule has 0 fully saturated rings. The van der Waals surface area contributed by atoms with Crippen molar-refractivity contribution in [1.82, 2.24) is 15.4 Å². The summed E-state index contributed by atoms with van der Waals surface area (Å²) in [4.78, 5) is 21.6. The van der Waals surface area contributed by atoms with Crippen molar-refractivity contribution in [2.75, 3.05) is 0 Å². The second kappa shape index (κ2) is 9.24. The number of aromatic nitrogens is 2. The second-order valence-corrected chi connectivity index (χ2v) is 7.36. The summed E-state index contributed by atoms with van der Waals surface area (Å²) < 4.78 is 0.975. The van der Waals surface area contributed by atoms with Crippen LogP contribution in [0, 0.1) is 0 Å². The monoisotopic (exact) mass is 456 g/mol. The van der Waals surface area contributed by atoms with Gasteiger partial charge < -0.3 is 0 Å². The Labute approximate surface area is 182 Å². The highest BCUT2D eigenvalue weighted by atomic mass is 79.9. The maximum atomic E-state index is 12.7. The van der Waals surface area contributed by atoms with E-state index in [-0.39, 0.29) is 5.82 Å². The third-order valence-electron chi connectivity index (χ3n) is 4.32. The minimum atomic E-state index is -0.474. The average Bonchev–Trinajstić information content (AvgIpc) is 2.81. The highest BCUT2D eigenvalue weighted by molar-refractivity contribution is 9.10. The van der Waals surface area contributed by atoms with E-state index in [9.17, 15) is 4.79 Å². The van der Waals surface area contributed by atoms with Gasteiger partial charge in [0, 0.05) is 15.6 Å². The second-order valence-electron chi connectivity index (χ2n) is 6.44. The van der Waals surface area contributed by atoms with Gasteiger partial charge in [-0.25, -0.2) is 15.4 Å². The van der Waals surface area contributed by atoms with E-state index in [2.05, 4.69) is 36.4 Å². The standard InChI is InChI=1S/C24H17BrN4O/c25-20-13-11-17(12-14-20)16-26-29-24(30)23-27-21(18-7-3-1-4-8-18)15-22(28-23)19-9-5-2-6-10-19/h1-16H,(H,29,30). The number of amides is 1. The van der Waals surface area contributed by atoms with Crippen LogP contribution in [-0.4, -0.2) is 22.1 Å². The van der Waals surface area contributed by atoms with Crippen LogP contribution in [0.3, 0.4) is 0 Å². The molecule has 0 aliphatic heterocycles. The van der Waals surface area contributed by atoms with Gasteiger partial charge in [-0.05, 0) is 23.8 Å². The highest BCUT2D eigenvalue weighted by Gasteiger charge is 2.14. The van der Waals surface area contributed by atoms with E-state index < -0.39 is 5.91 Å². The summed E-state index contributed by atoms with van der Waals surface area (Å²) in [6, 6.07) is 28.9. The molecule has 0 saturated carbocycles. The van der Waals surface area contributed by atoms with E-state index in [1.807, 2.05) is 91.0 Å². The predicted octanol–water partition coefficient (Wildman–Crippen LogP) is 5.34. The molecular formula is C24H17BrN4O. The van der Waals surface area contributed by atoms with E-state index in [1.165, 1.54) is 0 Å². The first-order chi connectivity index (χ1) is 14.7. The van der Waals surface area contributed by atoms with Crippen LogP contribution in [-0.2, 0) is 0 Å². The van der Waals surface area contributed by atoms with Crippen molar-refractivity contribution in [3.05, 3.63) is 107 Å². The fraction of sp³-hybridized carbons (Fsp3) is 0. The molecule has 1 amide bonds. The van der Waals surface area contributed by atoms with Crippen LogP contribution >= 0.6 is 15.9 Å². The summed E-state index contributed by atoms with van der Waals surface area (Å²) in [5, 5.41) is 4.03. The van der Waals surface area contributed by atoms with Gasteiger partial charge in [-0.3, -0.25) is 4.79 Å². The lowest BCUT2D eigenvalue weighted by atomic mass is 10.1. The molecule has 0 spiro atoms. The van der Waals surface area contributed by atoms with Gasteiger partial charge in [-0.15, -0.1) is 0 Å². The minimum Gasteiger partial charge on any atom is -0.264 e. The zero-order valence-electron chi connectivity index (χ0n) is 15.9. The zero-order valence-corrected chi connectivity index (χ0v) is 17.5. The fourth-order valence-electron chi connectivity index (χ4n) is 2.83. The van der Waals surface area contributed by atoms with Crippen molar-refractivity contribution in [1.29, 1.82) is 0 Å². The largest absolute Gasteiger partial charge is 0.309 e. The summed E-state index contributed by atoms with van der Waals surface area (Å²) in [6.45, 7) is 0. The smallest absolute Gasteiger partial charge is 0.264 e. The van der Waals surface area contributed by atoms with Gasteiger partial charge in [0.2, 0.25) is 5.82 Å². The summed E-state index contributed by atoms with van der Waals surface area (Å²) in [5.41, 5.74) is 6.54. The van der Waals surface area contributed by atoms with E-state index in [1.54, 1.807) is 6.21 Å². The van der Waals surface area contributed by atoms with Crippen molar-refractivity contribution >= 4 is 28.1 Å². The van der Waals surface area contributed by atoms with Gasteiger partial charge >= 0.3 is 5.91 Å². The molecule has 0 radical (unpaired) electrons. The van der Waals surface area contributed by atoms with Crippen molar-refractivity contribution < 1.29 is 4.79 Å². The number of hydrazone groups is 1. The van der Waals surface area contributed by atoms with E-state index >= 15 is 0 Å². The number of hydrogen-bond acceptors (Lipinski definition) is 4. The first-order valence-corrected chi connectivity index (χ1v) is 10.1. The Morgan fingerprint density at radius 1 is 0.800 bits per heavy atom. The molecule has 146 valence electrons. The van der Waals surface area contributed by atoms with Gasteiger partial charge in [-0.2, -0.15) is 5.10 Å². The summed E-state index contributed by atoms with van der Waals surface area (Å²) in [7, 11) is 0. The summed E-state index contributed by atoms with van der Waals surface area (Å²) >= 11 is 3.39. The topological polar surface area (TPSA) is 67.2 Å². The normalized spacial score (nSPS) is 10.8. The Morgan fingerprint density at radius 3 is 1.87 bits per heavy atom. The molecule has 1 heterocycles. The number of benzene rings is 3. The molecular weight excluding hydrogens is 440 g/mol. The quantitative estimate of drug-likeness (QED) is 0.325. The summed E-state index contributed by atoms with van der Waals surface area (Å²) in [6.07, 6.45) is 1.57. The molecule has 5 nitrogen and oxygen atoms in total. The van der Waals surface area contributed by atoms with Gasteiger partial charge in [0.1, 0.15) is 0 Å². The third kappa shape index (κ3) is 4.85. The minimum absolute atomic E-state index is 0.0585. The van der Waals surface area contributed by atoms with Crippen LogP contribution in [0.25, 0.3) is 22.5 Å². The lowest BCUT2D eigenvalue weighted by Gasteiger charge is -2.08. The van der Waals surface area contributed by atoms with Gasteiger partial charge in [0.15, 0.2) is 0 Å². The number of carbonyl (C=O) groups is 1. The van der Waals surface area contributed by atoms with Crippen molar-refractivity contribution in [2.24, 2.45) is 5.10 Å². The number of nitrogens with zero attached hydrogens (tertiary/aromatic N) is 3. The highest BCUT2D eigenvalue weighted by Crippen LogP contribution is 2.23. The molecule has 4 aromatic rings. The Morgan fingerprint density at radius 2 is 1.33 bits per heavy atom. The molecule has 6 heteroatoms. The molecule has 3 aromatic carbocycles. The average molecular weight is 457 g/mol. The van der Waals surface area contributed by atoms with Crippen molar-refractivity contribution in [2.45, 2.75) is 0 Å². The maximum absolute atomic E-state index is 12.7. The van der Waals surface area contributed by atoms with Gasteiger partial charge in [0.25, 0.3) is 0 Å². The Balaban J connectivity index is 1.64. The molecule has 4 rings (SSSR count). The van der Waals surface area contributed by atoms with E-state index in [0.29, 0.717) is 11.4 Å². The SMILES string of the molecule is O=C(NN=Cc1ccc(Br)cc1)c1nc(-c2ccccc2)cc(-c2ccccc2)n1. The van der Waals surface area contributed by atoms with Crippen LogP contribution in [0.1, 0.15) is 16.2 Å². The fourth-order valence-corrected chi connectivity index (χ4v) is 3.09. The number of nitrogens with one attached hydrogen (secondary N) is 1. The summed E-state index contributed by atoms with van der Waals surface area (Å²) in [5.74, 6) is -0.415. The zero-order chi connectivity index (χ0) is 20.8. The van der Waals surface area contributed by atoms with Crippen LogP contribution in [0.5, 0.6) is 0 Å². The molecule has 0 aliphatic carbocycles. The molecule has 0 atom stereocenters. The van der Waals surface area contributed by atoms with E-state index in [0.717, 1.165) is 21.2 Å². The molecule has 0 bridgehead atoms. The third-order valence-corrected chi connectivity index (χ3v) is 4.85. The molecule has 1 N–H and O–H groups in total. The molecule has 0 saturated heterocycles. The number of hydrogen-bond donors (Lipinski definition) is 1. The molecule has 0 unspecified atom stereocenters. The lowest BCUT2D eigenvalue weighted by molar-refractivity contribution is 0.0945.